The Morgan fingerprint density at radius 1 is 1.20 bits per heavy atom. The van der Waals surface area contributed by atoms with Crippen molar-refractivity contribution in [2.75, 3.05) is 0 Å². The Labute approximate surface area is 117 Å². The lowest BCUT2D eigenvalue weighted by Gasteiger charge is -2.30. The molecule has 0 heterocycles. The zero-order valence-electron chi connectivity index (χ0n) is 11.5. The van der Waals surface area contributed by atoms with Gasteiger partial charge in [0.2, 0.25) is 0 Å². The van der Waals surface area contributed by atoms with Gasteiger partial charge in [-0.15, -0.1) is 0 Å². The summed E-state index contributed by atoms with van der Waals surface area (Å²) in [5, 5.41) is 1.82. The number of halogens is 1. The molecule has 20 heavy (non-hydrogen) atoms. The van der Waals surface area contributed by atoms with Crippen LogP contribution in [0.4, 0.5) is 4.39 Å². The van der Waals surface area contributed by atoms with E-state index in [9.17, 15) is 9.18 Å². The van der Waals surface area contributed by atoms with E-state index < -0.39 is 5.60 Å². The van der Waals surface area contributed by atoms with Crippen molar-refractivity contribution in [3.8, 4) is 0 Å². The van der Waals surface area contributed by atoms with Gasteiger partial charge in [-0.1, -0.05) is 24.3 Å². The minimum absolute atomic E-state index is 0.248. The quantitative estimate of drug-likeness (QED) is 0.761. The number of carbonyl (C=O) groups is 1. The van der Waals surface area contributed by atoms with Gasteiger partial charge in [0.15, 0.2) is 0 Å². The van der Waals surface area contributed by atoms with Crippen LogP contribution in [0, 0.1) is 5.82 Å². The highest BCUT2D eigenvalue weighted by atomic mass is 19.1. The third kappa shape index (κ3) is 2.17. The van der Waals surface area contributed by atoms with Gasteiger partial charge in [0.05, 0.1) is 0 Å². The van der Waals surface area contributed by atoms with Crippen molar-refractivity contribution < 1.29 is 13.9 Å². The molecular formula is C17H17FO2. The van der Waals surface area contributed by atoms with E-state index in [1.807, 2.05) is 18.2 Å². The second-order valence-corrected chi connectivity index (χ2v) is 5.47. The summed E-state index contributed by atoms with van der Waals surface area (Å²) in [6, 6.07) is 10.6. The van der Waals surface area contributed by atoms with Crippen molar-refractivity contribution in [3.63, 3.8) is 0 Å². The van der Waals surface area contributed by atoms with E-state index in [0.29, 0.717) is 0 Å². The van der Waals surface area contributed by atoms with Gasteiger partial charge in [0, 0.05) is 12.5 Å². The lowest BCUT2D eigenvalue weighted by molar-refractivity contribution is -0.157. The van der Waals surface area contributed by atoms with E-state index in [1.165, 1.54) is 19.1 Å². The molecule has 1 aliphatic carbocycles. The second-order valence-electron chi connectivity index (χ2n) is 5.47. The Morgan fingerprint density at radius 2 is 1.95 bits per heavy atom. The fourth-order valence-electron chi connectivity index (χ4n) is 3.30. The van der Waals surface area contributed by atoms with E-state index >= 15 is 0 Å². The molecule has 0 N–H and O–H groups in total. The number of ether oxygens (including phenoxy) is 1. The highest BCUT2D eigenvalue weighted by Gasteiger charge is 2.39. The lowest BCUT2D eigenvalue weighted by Crippen LogP contribution is -2.28. The normalized spacial score (nSPS) is 17.3. The number of benzene rings is 2. The molecule has 3 rings (SSSR count). The van der Waals surface area contributed by atoms with Crippen molar-refractivity contribution in [2.45, 2.75) is 38.2 Å². The number of hydrogen-bond donors (Lipinski definition) is 0. The van der Waals surface area contributed by atoms with Gasteiger partial charge >= 0.3 is 5.97 Å². The molecule has 0 aliphatic heterocycles. The smallest absolute Gasteiger partial charge is 0.303 e. The van der Waals surface area contributed by atoms with Crippen LogP contribution in [0.1, 0.15) is 38.2 Å². The first kappa shape index (κ1) is 13.1. The monoisotopic (exact) mass is 272 g/mol. The Hall–Kier alpha value is -1.90. The Balaban J connectivity index is 2.18. The molecule has 0 radical (unpaired) electrons. The molecule has 2 aromatic carbocycles. The Morgan fingerprint density at radius 3 is 2.65 bits per heavy atom. The van der Waals surface area contributed by atoms with Gasteiger partial charge in [0.25, 0.3) is 0 Å². The summed E-state index contributed by atoms with van der Waals surface area (Å²) in [6.45, 7) is 1.45. The molecular weight excluding hydrogens is 255 g/mol. The number of fused-ring (bicyclic) bond motifs is 1. The molecule has 0 bridgehead atoms. The van der Waals surface area contributed by atoms with Crippen LogP contribution in [0.25, 0.3) is 10.8 Å². The summed E-state index contributed by atoms with van der Waals surface area (Å²) >= 11 is 0. The molecule has 1 saturated carbocycles. The van der Waals surface area contributed by atoms with Crippen LogP contribution in [0.3, 0.4) is 0 Å². The van der Waals surface area contributed by atoms with E-state index in [1.54, 1.807) is 6.07 Å². The topological polar surface area (TPSA) is 26.3 Å². The predicted octanol–water partition coefficient (Wildman–Crippen LogP) is 4.31. The first-order valence-corrected chi connectivity index (χ1v) is 6.99. The van der Waals surface area contributed by atoms with E-state index in [2.05, 4.69) is 0 Å². The van der Waals surface area contributed by atoms with Crippen molar-refractivity contribution >= 4 is 16.7 Å². The van der Waals surface area contributed by atoms with Crippen LogP contribution in [0.2, 0.25) is 0 Å². The predicted molar refractivity (Wildman–Crippen MR) is 75.8 cm³/mol. The maximum absolute atomic E-state index is 13.4. The summed E-state index contributed by atoms with van der Waals surface area (Å²) in [7, 11) is 0. The van der Waals surface area contributed by atoms with Crippen molar-refractivity contribution in [2.24, 2.45) is 0 Å². The molecule has 1 aliphatic rings. The molecule has 0 atom stereocenters. The second kappa shape index (κ2) is 4.89. The summed E-state index contributed by atoms with van der Waals surface area (Å²) < 4.78 is 19.1. The average molecular weight is 272 g/mol. The minimum atomic E-state index is -0.539. The van der Waals surface area contributed by atoms with Crippen LogP contribution in [-0.4, -0.2) is 5.97 Å². The number of hydrogen-bond acceptors (Lipinski definition) is 2. The lowest BCUT2D eigenvalue weighted by atomic mass is 9.87. The number of esters is 1. The maximum Gasteiger partial charge on any atom is 0.303 e. The first-order chi connectivity index (χ1) is 9.61. The highest BCUT2D eigenvalue weighted by molar-refractivity contribution is 5.87. The van der Waals surface area contributed by atoms with E-state index in [0.717, 1.165) is 42.0 Å². The SMILES string of the molecule is CC(=O)OC1(c2cccc3cc(F)ccc23)CCCC1. The minimum Gasteiger partial charge on any atom is -0.454 e. The molecule has 0 aromatic heterocycles. The number of rotatable bonds is 2. The van der Waals surface area contributed by atoms with Gasteiger partial charge in [0.1, 0.15) is 11.4 Å². The highest BCUT2D eigenvalue weighted by Crippen LogP contribution is 2.44. The van der Waals surface area contributed by atoms with Crippen LogP contribution < -0.4 is 0 Å². The van der Waals surface area contributed by atoms with Crippen molar-refractivity contribution in [1.82, 2.24) is 0 Å². The average Bonchev–Trinajstić information content (AvgIpc) is 2.86. The third-order valence-corrected chi connectivity index (χ3v) is 4.08. The molecule has 0 unspecified atom stereocenters. The molecule has 2 aromatic rings. The zero-order chi connectivity index (χ0) is 14.2. The summed E-state index contributed by atoms with van der Waals surface area (Å²) in [6.07, 6.45) is 3.77. The van der Waals surface area contributed by atoms with Crippen molar-refractivity contribution in [1.29, 1.82) is 0 Å². The maximum atomic E-state index is 13.4. The Bertz CT molecular complexity index is 657. The first-order valence-electron chi connectivity index (χ1n) is 6.99. The summed E-state index contributed by atoms with van der Waals surface area (Å²) in [5.41, 5.74) is 0.464. The largest absolute Gasteiger partial charge is 0.454 e. The molecule has 2 nitrogen and oxygen atoms in total. The third-order valence-electron chi connectivity index (χ3n) is 4.08. The molecule has 3 heteroatoms. The molecule has 1 fully saturated rings. The van der Waals surface area contributed by atoms with Crippen LogP contribution in [0.5, 0.6) is 0 Å². The summed E-state index contributed by atoms with van der Waals surface area (Å²) in [4.78, 5) is 11.5. The van der Waals surface area contributed by atoms with Gasteiger partial charge in [-0.2, -0.15) is 0 Å². The van der Waals surface area contributed by atoms with Gasteiger partial charge in [-0.05, 0) is 48.6 Å². The zero-order valence-corrected chi connectivity index (χ0v) is 11.5. The fourth-order valence-corrected chi connectivity index (χ4v) is 3.30. The van der Waals surface area contributed by atoms with Gasteiger partial charge < -0.3 is 4.74 Å². The van der Waals surface area contributed by atoms with Crippen LogP contribution >= 0.6 is 0 Å². The molecule has 0 amide bonds. The van der Waals surface area contributed by atoms with Gasteiger partial charge in [-0.3, -0.25) is 4.79 Å². The molecule has 104 valence electrons. The molecule has 0 saturated heterocycles. The van der Waals surface area contributed by atoms with E-state index in [4.69, 9.17) is 4.74 Å². The standard InChI is InChI=1S/C17H17FO2/c1-12(19)20-17(9-2-3-10-17)16-6-4-5-13-11-14(18)7-8-15(13)16/h4-8,11H,2-3,9-10H2,1H3. The fraction of sp³-hybridized carbons (Fsp3) is 0.353. The summed E-state index contributed by atoms with van der Waals surface area (Å²) in [5.74, 6) is -0.506. The molecule has 0 spiro atoms. The Kier molecular flexibility index (Phi) is 3.20. The number of carbonyl (C=O) groups excluding carboxylic acids is 1. The van der Waals surface area contributed by atoms with Gasteiger partial charge in [-0.25, -0.2) is 4.39 Å². The van der Waals surface area contributed by atoms with Crippen LogP contribution in [-0.2, 0) is 15.1 Å². The van der Waals surface area contributed by atoms with E-state index in [-0.39, 0.29) is 11.8 Å². The van der Waals surface area contributed by atoms with Crippen molar-refractivity contribution in [3.05, 3.63) is 47.8 Å². The van der Waals surface area contributed by atoms with Crippen LogP contribution in [0.15, 0.2) is 36.4 Å².